The van der Waals surface area contributed by atoms with Gasteiger partial charge in [0.05, 0.1) is 0 Å². The number of aromatic nitrogens is 1. The molecule has 0 saturated heterocycles. The molecule has 1 amide bonds. The maximum absolute atomic E-state index is 11.4. The van der Waals surface area contributed by atoms with Gasteiger partial charge in [-0.25, -0.2) is 0 Å². The van der Waals surface area contributed by atoms with Crippen molar-refractivity contribution in [3.8, 4) is 11.1 Å². The Morgan fingerprint density at radius 1 is 1.21 bits per heavy atom. The van der Waals surface area contributed by atoms with Crippen LogP contribution < -0.4 is 10.9 Å². The van der Waals surface area contributed by atoms with E-state index in [1.165, 1.54) is 6.07 Å². The molecule has 0 fully saturated rings. The fourth-order valence-electron chi connectivity index (χ4n) is 1.71. The molecule has 19 heavy (non-hydrogen) atoms. The molecule has 2 rings (SSSR count). The number of carbonyl (C=O) groups excluding carboxylic acids is 1. The van der Waals surface area contributed by atoms with Gasteiger partial charge in [-0.1, -0.05) is 18.2 Å². The van der Waals surface area contributed by atoms with Crippen molar-refractivity contribution in [2.24, 2.45) is 0 Å². The van der Waals surface area contributed by atoms with Gasteiger partial charge in [0, 0.05) is 24.4 Å². The van der Waals surface area contributed by atoms with E-state index >= 15 is 0 Å². The van der Waals surface area contributed by atoms with E-state index in [1.54, 1.807) is 24.4 Å². The molecule has 0 unspecified atom stereocenters. The number of aromatic amines is 1. The molecule has 0 radical (unpaired) electrons. The molecule has 0 spiro atoms. The predicted octanol–water partition coefficient (Wildman–Crippen LogP) is 2.56. The number of benzene rings is 1. The first-order valence-corrected chi connectivity index (χ1v) is 5.89. The van der Waals surface area contributed by atoms with Crippen molar-refractivity contribution in [2.75, 3.05) is 5.32 Å². The Bertz CT molecular complexity index is 642. The molecule has 1 aromatic heterocycles. The third-order valence-electron chi connectivity index (χ3n) is 2.61. The molecular formula is C15H14N2O2. The zero-order valence-electron chi connectivity index (χ0n) is 10.3. The van der Waals surface area contributed by atoms with E-state index in [9.17, 15) is 9.59 Å². The van der Waals surface area contributed by atoms with Crippen molar-refractivity contribution in [3.63, 3.8) is 0 Å². The van der Waals surface area contributed by atoms with E-state index in [-0.39, 0.29) is 17.9 Å². The molecule has 4 nitrogen and oxygen atoms in total. The molecule has 1 aromatic carbocycles. The summed E-state index contributed by atoms with van der Waals surface area (Å²) in [5.41, 5.74) is 2.35. The summed E-state index contributed by atoms with van der Waals surface area (Å²) in [6.45, 7) is 3.51. The molecule has 2 N–H and O–H groups in total. The normalized spacial score (nSPS) is 9.89. The Morgan fingerprint density at radius 3 is 2.58 bits per heavy atom. The summed E-state index contributed by atoms with van der Waals surface area (Å²) in [4.78, 5) is 25.2. The number of hydrogen-bond donors (Lipinski definition) is 2. The first kappa shape index (κ1) is 12.8. The molecule has 96 valence electrons. The number of amides is 1. The number of anilines is 1. The van der Waals surface area contributed by atoms with E-state index in [2.05, 4.69) is 16.9 Å². The van der Waals surface area contributed by atoms with Gasteiger partial charge in [-0.05, 0) is 29.3 Å². The third kappa shape index (κ3) is 3.42. The third-order valence-corrected chi connectivity index (χ3v) is 2.61. The zero-order chi connectivity index (χ0) is 13.7. The molecule has 0 bridgehead atoms. The molecule has 2 aromatic rings. The second kappa shape index (κ2) is 5.82. The highest BCUT2D eigenvalue weighted by molar-refractivity contribution is 5.91. The highest BCUT2D eigenvalue weighted by Gasteiger charge is 2.01. The van der Waals surface area contributed by atoms with Crippen LogP contribution in [0.15, 0.2) is 60.0 Å². The minimum atomic E-state index is -0.138. The van der Waals surface area contributed by atoms with E-state index in [0.717, 1.165) is 16.8 Å². The van der Waals surface area contributed by atoms with Crippen LogP contribution in [-0.2, 0) is 4.79 Å². The van der Waals surface area contributed by atoms with Crippen molar-refractivity contribution < 1.29 is 4.79 Å². The lowest BCUT2D eigenvalue weighted by atomic mass is 10.1. The van der Waals surface area contributed by atoms with Gasteiger partial charge >= 0.3 is 0 Å². The van der Waals surface area contributed by atoms with Gasteiger partial charge in [-0.2, -0.15) is 0 Å². The Balaban J connectivity index is 2.16. The molecule has 0 saturated carbocycles. The smallest absolute Gasteiger partial charge is 0.248 e. The highest BCUT2D eigenvalue weighted by Crippen LogP contribution is 2.19. The van der Waals surface area contributed by atoms with Gasteiger partial charge in [-0.15, -0.1) is 6.58 Å². The van der Waals surface area contributed by atoms with E-state index in [1.807, 2.05) is 18.2 Å². The average Bonchev–Trinajstić information content (AvgIpc) is 2.40. The monoisotopic (exact) mass is 254 g/mol. The molecule has 0 aliphatic rings. The maximum Gasteiger partial charge on any atom is 0.248 e. The van der Waals surface area contributed by atoms with Crippen LogP contribution in [0.5, 0.6) is 0 Å². The standard InChI is InChI=1S/C15H14N2O2/c1-2-3-14(18)17-13-6-4-11(5-7-13)12-8-9-16-15(19)10-12/h2,4-10H,1,3H2,(H,16,19)(H,17,18). The molecular weight excluding hydrogens is 240 g/mol. The maximum atomic E-state index is 11.4. The van der Waals surface area contributed by atoms with Crippen molar-refractivity contribution in [3.05, 3.63) is 65.6 Å². The van der Waals surface area contributed by atoms with Crippen LogP contribution in [0.3, 0.4) is 0 Å². The number of H-pyrrole nitrogens is 1. The van der Waals surface area contributed by atoms with Gasteiger partial charge in [0.1, 0.15) is 0 Å². The van der Waals surface area contributed by atoms with E-state index in [0.29, 0.717) is 0 Å². The fourth-order valence-corrected chi connectivity index (χ4v) is 1.71. The fraction of sp³-hybridized carbons (Fsp3) is 0.0667. The summed E-state index contributed by atoms with van der Waals surface area (Å²) in [7, 11) is 0. The molecule has 0 atom stereocenters. The Kier molecular flexibility index (Phi) is 3.93. The molecule has 4 heteroatoms. The Morgan fingerprint density at radius 2 is 1.95 bits per heavy atom. The van der Waals surface area contributed by atoms with E-state index < -0.39 is 0 Å². The second-order valence-electron chi connectivity index (χ2n) is 4.06. The molecule has 1 heterocycles. The van der Waals surface area contributed by atoms with Crippen LogP contribution in [-0.4, -0.2) is 10.9 Å². The van der Waals surface area contributed by atoms with Crippen molar-refractivity contribution in [1.29, 1.82) is 0 Å². The number of nitrogens with one attached hydrogen (secondary N) is 2. The van der Waals surface area contributed by atoms with Gasteiger partial charge in [0.15, 0.2) is 0 Å². The van der Waals surface area contributed by atoms with Crippen molar-refractivity contribution in [2.45, 2.75) is 6.42 Å². The van der Waals surface area contributed by atoms with Crippen molar-refractivity contribution >= 4 is 11.6 Å². The minimum absolute atomic E-state index is 0.0982. The van der Waals surface area contributed by atoms with E-state index in [4.69, 9.17) is 0 Å². The zero-order valence-corrected chi connectivity index (χ0v) is 10.3. The largest absolute Gasteiger partial charge is 0.329 e. The lowest BCUT2D eigenvalue weighted by Gasteiger charge is -2.05. The summed E-state index contributed by atoms with van der Waals surface area (Å²) in [5, 5.41) is 2.75. The van der Waals surface area contributed by atoms with Crippen LogP contribution in [0.25, 0.3) is 11.1 Å². The first-order chi connectivity index (χ1) is 9.19. The van der Waals surface area contributed by atoms with Gasteiger partial charge in [-0.3, -0.25) is 9.59 Å². The van der Waals surface area contributed by atoms with Crippen LogP contribution in [0, 0.1) is 0 Å². The van der Waals surface area contributed by atoms with Gasteiger partial charge < -0.3 is 10.3 Å². The lowest BCUT2D eigenvalue weighted by Crippen LogP contribution is -2.09. The quantitative estimate of drug-likeness (QED) is 0.824. The SMILES string of the molecule is C=CCC(=O)Nc1ccc(-c2cc[nH]c(=O)c2)cc1. The van der Waals surface area contributed by atoms with Crippen LogP contribution in [0.1, 0.15) is 6.42 Å². The highest BCUT2D eigenvalue weighted by atomic mass is 16.1. The summed E-state index contributed by atoms with van der Waals surface area (Å²) in [6.07, 6.45) is 3.45. The lowest BCUT2D eigenvalue weighted by molar-refractivity contribution is -0.115. The molecule has 0 aliphatic carbocycles. The van der Waals surface area contributed by atoms with Gasteiger partial charge in [0.25, 0.3) is 0 Å². The summed E-state index contributed by atoms with van der Waals surface area (Å²) in [6, 6.07) is 10.7. The number of pyridine rings is 1. The summed E-state index contributed by atoms with van der Waals surface area (Å²) >= 11 is 0. The number of carbonyl (C=O) groups is 1. The summed E-state index contributed by atoms with van der Waals surface area (Å²) in [5.74, 6) is -0.0982. The predicted molar refractivity (Wildman–Crippen MR) is 75.9 cm³/mol. The van der Waals surface area contributed by atoms with Gasteiger partial charge in [0.2, 0.25) is 11.5 Å². The van der Waals surface area contributed by atoms with Crippen molar-refractivity contribution in [1.82, 2.24) is 4.98 Å². The van der Waals surface area contributed by atoms with Crippen LogP contribution in [0.4, 0.5) is 5.69 Å². The summed E-state index contributed by atoms with van der Waals surface area (Å²) < 4.78 is 0. The topological polar surface area (TPSA) is 62.0 Å². The van der Waals surface area contributed by atoms with Crippen LogP contribution in [0.2, 0.25) is 0 Å². The first-order valence-electron chi connectivity index (χ1n) is 5.89. The Hall–Kier alpha value is -2.62. The minimum Gasteiger partial charge on any atom is -0.329 e. The number of rotatable bonds is 4. The average molecular weight is 254 g/mol. The van der Waals surface area contributed by atoms with Crippen LogP contribution >= 0.6 is 0 Å². The number of hydrogen-bond acceptors (Lipinski definition) is 2. The Labute approximate surface area is 110 Å². The second-order valence-corrected chi connectivity index (χ2v) is 4.06. The molecule has 0 aliphatic heterocycles.